The van der Waals surface area contributed by atoms with Crippen molar-refractivity contribution >= 4 is 17.3 Å². The number of rotatable bonds is 7. The third-order valence-corrected chi connectivity index (χ3v) is 3.99. The van der Waals surface area contributed by atoms with E-state index in [9.17, 15) is 4.79 Å². The maximum Gasteiger partial charge on any atom is 0.287 e. The Kier molecular flexibility index (Phi) is 6.48. The summed E-state index contributed by atoms with van der Waals surface area (Å²) < 4.78 is 6.94. The van der Waals surface area contributed by atoms with Gasteiger partial charge < -0.3 is 15.2 Å². The molecule has 21 heavy (non-hydrogen) atoms. The Morgan fingerprint density at radius 2 is 2.19 bits per heavy atom. The van der Waals surface area contributed by atoms with Crippen LogP contribution in [0.15, 0.2) is 11.0 Å². The molecule has 1 aromatic rings. The van der Waals surface area contributed by atoms with Crippen LogP contribution >= 0.6 is 11.6 Å². The second-order valence-electron chi connectivity index (χ2n) is 5.18. The van der Waals surface area contributed by atoms with E-state index < -0.39 is 5.56 Å². The third-order valence-electron chi connectivity index (χ3n) is 3.62. The van der Waals surface area contributed by atoms with Crippen LogP contribution in [0, 0.1) is 0 Å². The second kappa shape index (κ2) is 8.36. The van der Waals surface area contributed by atoms with Gasteiger partial charge in [0, 0.05) is 6.54 Å². The highest BCUT2D eigenvalue weighted by Crippen LogP contribution is 2.20. The fourth-order valence-electron chi connectivity index (χ4n) is 2.49. The van der Waals surface area contributed by atoms with Gasteiger partial charge in [-0.2, -0.15) is 5.10 Å². The predicted octanol–water partition coefficient (Wildman–Crippen LogP) is 1.65. The van der Waals surface area contributed by atoms with Crippen molar-refractivity contribution in [3.8, 4) is 0 Å². The van der Waals surface area contributed by atoms with Crippen molar-refractivity contribution in [1.82, 2.24) is 9.78 Å². The minimum absolute atomic E-state index is 0.0936. The van der Waals surface area contributed by atoms with Crippen LogP contribution in [0.5, 0.6) is 0 Å². The zero-order valence-electron chi connectivity index (χ0n) is 12.1. The van der Waals surface area contributed by atoms with Gasteiger partial charge in [0.2, 0.25) is 0 Å². The molecule has 2 N–H and O–H groups in total. The van der Waals surface area contributed by atoms with Gasteiger partial charge in [-0.25, -0.2) is 4.68 Å². The summed E-state index contributed by atoms with van der Waals surface area (Å²) in [6.45, 7) is 1.16. The van der Waals surface area contributed by atoms with Crippen LogP contribution in [0.2, 0.25) is 5.02 Å². The molecule has 1 saturated carbocycles. The number of ether oxygens (including phenoxy) is 1. The normalized spacial score (nSPS) is 16.1. The molecular formula is C14H22ClN3O3. The van der Waals surface area contributed by atoms with Gasteiger partial charge in [-0.05, 0) is 12.8 Å². The molecule has 1 aliphatic carbocycles. The fraction of sp³-hybridized carbons (Fsp3) is 0.714. The van der Waals surface area contributed by atoms with E-state index in [1.165, 1.54) is 25.5 Å². The molecule has 0 amide bonds. The van der Waals surface area contributed by atoms with Crippen LogP contribution in [0.3, 0.4) is 0 Å². The van der Waals surface area contributed by atoms with Gasteiger partial charge >= 0.3 is 0 Å². The van der Waals surface area contributed by atoms with Crippen molar-refractivity contribution in [3.05, 3.63) is 21.6 Å². The first kappa shape index (κ1) is 16.3. The van der Waals surface area contributed by atoms with Crippen LogP contribution < -0.4 is 10.9 Å². The van der Waals surface area contributed by atoms with Crippen LogP contribution in [-0.4, -0.2) is 40.7 Å². The molecule has 0 saturated heterocycles. The molecule has 1 aromatic heterocycles. The lowest BCUT2D eigenvalue weighted by atomic mass is 9.98. The summed E-state index contributed by atoms with van der Waals surface area (Å²) in [5.74, 6) is 0. The van der Waals surface area contributed by atoms with E-state index >= 15 is 0 Å². The lowest BCUT2D eigenvalue weighted by Gasteiger charge is -2.22. The first-order valence-corrected chi connectivity index (χ1v) is 7.82. The highest BCUT2D eigenvalue weighted by atomic mass is 35.5. The van der Waals surface area contributed by atoms with Gasteiger partial charge in [-0.15, -0.1) is 0 Å². The summed E-state index contributed by atoms with van der Waals surface area (Å²) in [6.07, 6.45) is 7.95. The second-order valence-corrected chi connectivity index (χ2v) is 5.56. The van der Waals surface area contributed by atoms with Gasteiger partial charge in [0.1, 0.15) is 5.02 Å². The molecule has 1 aliphatic rings. The monoisotopic (exact) mass is 315 g/mol. The van der Waals surface area contributed by atoms with Crippen LogP contribution in [0.1, 0.15) is 32.1 Å². The number of nitrogens with one attached hydrogen (secondary N) is 1. The Balaban J connectivity index is 1.80. The first-order chi connectivity index (χ1) is 10.2. The van der Waals surface area contributed by atoms with Crippen LogP contribution in [0.25, 0.3) is 0 Å². The van der Waals surface area contributed by atoms with Crippen LogP contribution in [0.4, 0.5) is 5.69 Å². The van der Waals surface area contributed by atoms with Crippen molar-refractivity contribution in [3.63, 3.8) is 0 Å². The minimum Gasteiger partial charge on any atom is -0.394 e. The summed E-state index contributed by atoms with van der Waals surface area (Å²) in [6, 6.07) is 0. The van der Waals surface area contributed by atoms with Crippen molar-refractivity contribution in [1.29, 1.82) is 0 Å². The van der Waals surface area contributed by atoms with E-state index in [0.29, 0.717) is 24.9 Å². The molecule has 6 nitrogen and oxygen atoms in total. The molecule has 1 heterocycles. The number of aliphatic hydroxyl groups excluding tert-OH is 1. The molecule has 1 fully saturated rings. The van der Waals surface area contributed by atoms with E-state index in [4.69, 9.17) is 21.4 Å². The van der Waals surface area contributed by atoms with E-state index in [0.717, 1.165) is 17.5 Å². The minimum atomic E-state index is -0.399. The van der Waals surface area contributed by atoms with Crippen molar-refractivity contribution < 1.29 is 9.84 Å². The highest BCUT2D eigenvalue weighted by molar-refractivity contribution is 6.32. The Hall–Kier alpha value is -1.11. The van der Waals surface area contributed by atoms with Crippen molar-refractivity contribution in [2.24, 2.45) is 0 Å². The summed E-state index contributed by atoms with van der Waals surface area (Å²) in [5, 5.41) is 15.9. The van der Waals surface area contributed by atoms with Gasteiger partial charge in [0.15, 0.2) is 0 Å². The number of hydrogen-bond acceptors (Lipinski definition) is 5. The summed E-state index contributed by atoms with van der Waals surface area (Å²) in [4.78, 5) is 11.8. The summed E-state index contributed by atoms with van der Waals surface area (Å²) in [7, 11) is 0. The SMILES string of the molecule is O=c1c(Cl)c(NCCOC2CCCCC2)cnn1CCO. The molecule has 2 rings (SSSR count). The third kappa shape index (κ3) is 4.69. The first-order valence-electron chi connectivity index (χ1n) is 7.44. The number of hydrogen-bond donors (Lipinski definition) is 2. The molecule has 0 atom stereocenters. The molecule has 0 spiro atoms. The molecule has 7 heteroatoms. The zero-order chi connectivity index (χ0) is 15.1. The highest BCUT2D eigenvalue weighted by Gasteiger charge is 2.13. The molecular weight excluding hydrogens is 294 g/mol. The number of halogens is 1. The fourth-order valence-corrected chi connectivity index (χ4v) is 2.70. The Morgan fingerprint density at radius 1 is 1.43 bits per heavy atom. The Labute approximate surface area is 129 Å². The number of nitrogens with zero attached hydrogens (tertiary/aromatic N) is 2. The van der Waals surface area contributed by atoms with Gasteiger partial charge in [0.25, 0.3) is 5.56 Å². The molecule has 0 unspecified atom stereocenters. The summed E-state index contributed by atoms with van der Waals surface area (Å²) in [5.41, 5.74) is 0.104. The smallest absolute Gasteiger partial charge is 0.287 e. The van der Waals surface area contributed by atoms with Crippen molar-refractivity contribution in [2.45, 2.75) is 44.8 Å². The van der Waals surface area contributed by atoms with E-state index in [1.54, 1.807) is 0 Å². The van der Waals surface area contributed by atoms with E-state index in [1.807, 2.05) is 0 Å². The molecule has 0 bridgehead atoms. The quantitative estimate of drug-likeness (QED) is 0.748. The lowest BCUT2D eigenvalue weighted by molar-refractivity contribution is 0.0347. The summed E-state index contributed by atoms with van der Waals surface area (Å²) >= 11 is 6.00. The average molecular weight is 316 g/mol. The standard InChI is InChI=1S/C14H22ClN3O3/c15-13-12(10-17-18(7-8-19)14(13)20)16-6-9-21-11-4-2-1-3-5-11/h10-11,16,19H,1-9H2. The van der Waals surface area contributed by atoms with Gasteiger partial charge in [0.05, 0.1) is 37.7 Å². The average Bonchev–Trinajstić information content (AvgIpc) is 2.51. The van der Waals surface area contributed by atoms with E-state index in [2.05, 4.69) is 10.4 Å². The van der Waals surface area contributed by atoms with Crippen molar-refractivity contribution in [2.75, 3.05) is 25.1 Å². The maximum absolute atomic E-state index is 11.8. The van der Waals surface area contributed by atoms with Crippen LogP contribution in [-0.2, 0) is 11.3 Å². The Bertz CT molecular complexity index is 501. The van der Waals surface area contributed by atoms with E-state index in [-0.39, 0.29) is 18.2 Å². The lowest BCUT2D eigenvalue weighted by Crippen LogP contribution is -2.26. The van der Waals surface area contributed by atoms with Gasteiger partial charge in [-0.1, -0.05) is 30.9 Å². The zero-order valence-corrected chi connectivity index (χ0v) is 12.8. The van der Waals surface area contributed by atoms with Gasteiger partial charge in [-0.3, -0.25) is 4.79 Å². The molecule has 0 aromatic carbocycles. The maximum atomic E-state index is 11.8. The Morgan fingerprint density at radius 3 is 2.90 bits per heavy atom. The number of aromatic nitrogens is 2. The molecule has 0 aliphatic heterocycles. The largest absolute Gasteiger partial charge is 0.394 e. The predicted molar refractivity (Wildman–Crippen MR) is 81.9 cm³/mol. The molecule has 118 valence electrons. The topological polar surface area (TPSA) is 76.4 Å². The molecule has 0 radical (unpaired) electrons. The number of anilines is 1. The number of aliphatic hydroxyl groups is 1.